The van der Waals surface area contributed by atoms with Gasteiger partial charge in [-0.25, -0.2) is 4.98 Å². The molecule has 0 saturated carbocycles. The van der Waals surface area contributed by atoms with Crippen LogP contribution in [0.25, 0.3) is 0 Å². The van der Waals surface area contributed by atoms with Gasteiger partial charge in [-0.15, -0.1) is 11.3 Å². The van der Waals surface area contributed by atoms with Crippen molar-refractivity contribution in [3.8, 4) is 0 Å². The van der Waals surface area contributed by atoms with Crippen molar-refractivity contribution in [2.45, 2.75) is 32.4 Å². The fourth-order valence-corrected chi connectivity index (χ4v) is 2.81. The molecule has 0 spiro atoms. The largest absolute Gasteiger partial charge is 0.349 e. The first-order chi connectivity index (χ1) is 8.70. The number of hydrogen-bond acceptors (Lipinski definition) is 5. The molecule has 1 fully saturated rings. The lowest BCUT2D eigenvalue weighted by molar-refractivity contribution is 0.0936. The predicted octanol–water partition coefficient (Wildman–Crippen LogP) is 0.816. The molecule has 0 aromatic carbocycles. The summed E-state index contributed by atoms with van der Waals surface area (Å²) in [4.78, 5) is 18.4. The molecule has 2 heterocycles. The normalized spacial score (nSPS) is 17.9. The number of rotatable bonds is 5. The summed E-state index contributed by atoms with van der Waals surface area (Å²) in [6, 6.07) is 0.393. The second kappa shape index (κ2) is 6.26. The predicted molar refractivity (Wildman–Crippen MR) is 72.6 cm³/mol. The molecule has 1 aromatic heterocycles. The molecule has 1 amide bonds. The van der Waals surface area contributed by atoms with Gasteiger partial charge in [-0.3, -0.25) is 9.69 Å². The van der Waals surface area contributed by atoms with E-state index >= 15 is 0 Å². The monoisotopic (exact) mass is 268 g/mol. The number of aromatic nitrogens is 1. The van der Waals surface area contributed by atoms with Crippen molar-refractivity contribution in [2.24, 2.45) is 5.73 Å². The highest BCUT2D eigenvalue weighted by molar-refractivity contribution is 7.09. The number of hydrogen-bond donors (Lipinski definition) is 2. The fraction of sp³-hybridized carbons (Fsp3) is 0.667. The average molecular weight is 268 g/mol. The highest BCUT2D eigenvalue weighted by atomic mass is 32.1. The van der Waals surface area contributed by atoms with Crippen molar-refractivity contribution in [3.05, 3.63) is 16.1 Å². The molecule has 100 valence electrons. The molecule has 0 bridgehead atoms. The summed E-state index contributed by atoms with van der Waals surface area (Å²) in [7, 11) is 0. The Kier molecular flexibility index (Phi) is 4.68. The van der Waals surface area contributed by atoms with E-state index in [9.17, 15) is 4.79 Å². The number of thiazole rings is 1. The lowest BCUT2D eigenvalue weighted by Crippen LogP contribution is -2.40. The van der Waals surface area contributed by atoms with Crippen LogP contribution in [0.2, 0.25) is 0 Å². The minimum atomic E-state index is -0.100. The third-order valence-electron chi connectivity index (χ3n) is 3.28. The number of likely N-dealkylation sites (tertiary alicyclic amines) is 1. The molecule has 5 nitrogen and oxygen atoms in total. The van der Waals surface area contributed by atoms with Crippen LogP contribution >= 0.6 is 11.3 Å². The van der Waals surface area contributed by atoms with Gasteiger partial charge >= 0.3 is 0 Å². The summed E-state index contributed by atoms with van der Waals surface area (Å²) in [5.41, 5.74) is 5.96. The number of amides is 1. The van der Waals surface area contributed by atoms with Crippen molar-refractivity contribution in [1.29, 1.82) is 0 Å². The Balaban J connectivity index is 1.80. The Morgan fingerprint density at radius 3 is 2.94 bits per heavy atom. The number of carbonyl (C=O) groups is 1. The van der Waals surface area contributed by atoms with Crippen molar-refractivity contribution in [1.82, 2.24) is 15.2 Å². The maximum Gasteiger partial charge on any atom is 0.270 e. The van der Waals surface area contributed by atoms with Crippen LogP contribution in [0.5, 0.6) is 0 Å². The van der Waals surface area contributed by atoms with E-state index in [0.29, 0.717) is 24.8 Å². The zero-order valence-corrected chi connectivity index (χ0v) is 11.5. The van der Waals surface area contributed by atoms with E-state index in [1.54, 1.807) is 5.38 Å². The van der Waals surface area contributed by atoms with Gasteiger partial charge in [-0.2, -0.15) is 0 Å². The minimum Gasteiger partial charge on any atom is -0.349 e. The highest BCUT2D eigenvalue weighted by Gasteiger charge is 2.19. The lowest BCUT2D eigenvalue weighted by atomic mass is 10.3. The van der Waals surface area contributed by atoms with E-state index in [0.717, 1.165) is 18.1 Å². The van der Waals surface area contributed by atoms with Crippen LogP contribution in [-0.2, 0) is 6.54 Å². The fourth-order valence-electron chi connectivity index (χ4n) is 2.15. The van der Waals surface area contributed by atoms with Crippen LogP contribution in [0.1, 0.15) is 35.3 Å². The van der Waals surface area contributed by atoms with E-state index in [2.05, 4.69) is 22.1 Å². The Morgan fingerprint density at radius 2 is 2.33 bits per heavy atom. The molecule has 2 rings (SSSR count). The van der Waals surface area contributed by atoms with Gasteiger partial charge in [0.15, 0.2) is 0 Å². The van der Waals surface area contributed by atoms with Crippen molar-refractivity contribution < 1.29 is 4.79 Å². The molecule has 1 saturated heterocycles. The second-order valence-corrected chi connectivity index (χ2v) is 5.58. The number of nitrogens with zero attached hydrogens (tertiary/aromatic N) is 2. The Morgan fingerprint density at radius 1 is 1.61 bits per heavy atom. The second-order valence-electron chi connectivity index (χ2n) is 4.63. The molecule has 1 aromatic rings. The van der Waals surface area contributed by atoms with Crippen LogP contribution in [0.3, 0.4) is 0 Å². The van der Waals surface area contributed by atoms with Gasteiger partial charge < -0.3 is 11.1 Å². The van der Waals surface area contributed by atoms with E-state index < -0.39 is 0 Å². The van der Waals surface area contributed by atoms with Crippen molar-refractivity contribution in [2.75, 3.05) is 19.6 Å². The van der Waals surface area contributed by atoms with Crippen LogP contribution in [0.4, 0.5) is 0 Å². The van der Waals surface area contributed by atoms with E-state index in [-0.39, 0.29) is 5.91 Å². The molecular formula is C12H20N4OS. The first-order valence-electron chi connectivity index (χ1n) is 6.37. The molecule has 1 aliphatic rings. The Hall–Kier alpha value is -0.980. The smallest absolute Gasteiger partial charge is 0.270 e. The number of nitrogens with one attached hydrogen (secondary N) is 1. The first-order valence-corrected chi connectivity index (χ1v) is 7.25. The summed E-state index contributed by atoms with van der Waals surface area (Å²) >= 11 is 1.43. The van der Waals surface area contributed by atoms with Crippen LogP contribution in [0.15, 0.2) is 5.38 Å². The maximum atomic E-state index is 11.9. The van der Waals surface area contributed by atoms with Gasteiger partial charge in [0.05, 0.1) is 0 Å². The van der Waals surface area contributed by atoms with Gasteiger partial charge in [-0.05, 0) is 32.9 Å². The summed E-state index contributed by atoms with van der Waals surface area (Å²) in [5, 5.41) is 5.50. The van der Waals surface area contributed by atoms with E-state index in [1.807, 2.05) is 0 Å². The van der Waals surface area contributed by atoms with Crippen LogP contribution in [0, 0.1) is 0 Å². The van der Waals surface area contributed by atoms with Gasteiger partial charge in [0.25, 0.3) is 5.91 Å². The van der Waals surface area contributed by atoms with Crippen molar-refractivity contribution in [3.63, 3.8) is 0 Å². The van der Waals surface area contributed by atoms with Crippen LogP contribution < -0.4 is 11.1 Å². The molecule has 1 atom stereocenters. The summed E-state index contributed by atoms with van der Waals surface area (Å²) in [6.45, 7) is 5.50. The third-order valence-corrected chi connectivity index (χ3v) is 4.15. The standard InChI is InChI=1S/C12H20N4OS/c1-9(16-4-2-3-5-16)7-14-12(17)10-8-18-11(6-13)15-10/h8-9H,2-7,13H2,1H3,(H,14,17). The molecule has 18 heavy (non-hydrogen) atoms. The molecular weight excluding hydrogens is 248 g/mol. The average Bonchev–Trinajstić information content (AvgIpc) is 3.05. The van der Waals surface area contributed by atoms with E-state index in [1.165, 1.54) is 24.2 Å². The van der Waals surface area contributed by atoms with Gasteiger partial charge in [0, 0.05) is 24.5 Å². The maximum absolute atomic E-state index is 11.9. The molecule has 1 aliphatic heterocycles. The lowest BCUT2D eigenvalue weighted by Gasteiger charge is -2.23. The summed E-state index contributed by atoms with van der Waals surface area (Å²) in [5.74, 6) is -0.100. The van der Waals surface area contributed by atoms with Crippen molar-refractivity contribution >= 4 is 17.2 Å². The molecule has 0 radical (unpaired) electrons. The number of carbonyl (C=O) groups excluding carboxylic acids is 1. The zero-order valence-electron chi connectivity index (χ0n) is 10.7. The topological polar surface area (TPSA) is 71.2 Å². The Labute approximate surface area is 111 Å². The third kappa shape index (κ3) is 3.28. The van der Waals surface area contributed by atoms with Crippen LogP contribution in [-0.4, -0.2) is 41.5 Å². The molecule has 1 unspecified atom stereocenters. The number of nitrogens with two attached hydrogens (primary N) is 1. The molecule has 6 heteroatoms. The summed E-state index contributed by atoms with van der Waals surface area (Å²) in [6.07, 6.45) is 2.54. The van der Waals surface area contributed by atoms with Gasteiger partial charge in [0.1, 0.15) is 10.7 Å². The minimum absolute atomic E-state index is 0.100. The van der Waals surface area contributed by atoms with E-state index in [4.69, 9.17) is 5.73 Å². The van der Waals surface area contributed by atoms with Gasteiger partial charge in [-0.1, -0.05) is 0 Å². The Bertz CT molecular complexity index is 401. The van der Waals surface area contributed by atoms with Gasteiger partial charge in [0.2, 0.25) is 0 Å². The summed E-state index contributed by atoms with van der Waals surface area (Å²) < 4.78 is 0. The first kappa shape index (κ1) is 13.5. The molecule has 3 N–H and O–H groups in total. The SMILES string of the molecule is CC(CNC(=O)c1csc(CN)n1)N1CCCC1. The molecule has 0 aliphatic carbocycles. The zero-order chi connectivity index (χ0) is 13.0. The quantitative estimate of drug-likeness (QED) is 0.829. The highest BCUT2D eigenvalue weighted by Crippen LogP contribution is 2.11.